The summed E-state index contributed by atoms with van der Waals surface area (Å²) in [5.41, 5.74) is -2.65. The lowest BCUT2D eigenvalue weighted by molar-refractivity contribution is -0.141. The van der Waals surface area contributed by atoms with E-state index in [4.69, 9.17) is 14.2 Å². The van der Waals surface area contributed by atoms with Crippen molar-refractivity contribution in [1.29, 1.82) is 0 Å². The average molecular weight is 514 g/mol. The van der Waals surface area contributed by atoms with E-state index in [-0.39, 0.29) is 18.0 Å². The molecule has 1 aliphatic heterocycles. The van der Waals surface area contributed by atoms with Gasteiger partial charge in [-0.3, -0.25) is 4.79 Å². The largest absolute Gasteiger partial charge is 0.493 e. The summed E-state index contributed by atoms with van der Waals surface area (Å²) in [5.74, 6) is -2.24. The number of hydrogen-bond acceptors (Lipinski definition) is 7. The van der Waals surface area contributed by atoms with Crippen molar-refractivity contribution in [1.82, 2.24) is 20.4 Å². The number of halogens is 4. The van der Waals surface area contributed by atoms with Gasteiger partial charge in [-0.25, -0.2) is 9.18 Å². The van der Waals surface area contributed by atoms with Crippen LogP contribution < -0.4 is 14.8 Å². The number of aromatic nitrogens is 2. The number of methoxy groups -OCH3 is 1. The van der Waals surface area contributed by atoms with Gasteiger partial charge in [-0.2, -0.15) is 13.2 Å². The lowest BCUT2D eigenvalue weighted by Gasteiger charge is -2.34. The summed E-state index contributed by atoms with van der Waals surface area (Å²) < 4.78 is 69.3. The summed E-state index contributed by atoms with van der Waals surface area (Å²) in [5, 5.41) is 9.19. The molecule has 1 saturated heterocycles. The van der Waals surface area contributed by atoms with E-state index in [0.29, 0.717) is 25.5 Å². The second-order valence-electron chi connectivity index (χ2n) is 9.08. The highest BCUT2D eigenvalue weighted by Crippen LogP contribution is 2.34. The molecule has 0 radical (unpaired) electrons. The first-order valence-corrected chi connectivity index (χ1v) is 11.0. The number of rotatable bonds is 5. The molecule has 9 nitrogen and oxygen atoms in total. The fourth-order valence-corrected chi connectivity index (χ4v) is 3.44. The molecule has 36 heavy (non-hydrogen) atoms. The lowest BCUT2D eigenvalue weighted by atomic mass is 10.1. The third-order valence-electron chi connectivity index (χ3n) is 5.04. The van der Waals surface area contributed by atoms with Crippen LogP contribution in [-0.2, 0) is 10.9 Å². The molecular weight excluding hydrogens is 488 g/mol. The second kappa shape index (κ2) is 10.5. The van der Waals surface area contributed by atoms with E-state index in [1.165, 1.54) is 18.1 Å². The molecule has 0 saturated carbocycles. The van der Waals surface area contributed by atoms with E-state index in [1.54, 1.807) is 20.8 Å². The third-order valence-corrected chi connectivity index (χ3v) is 5.04. The minimum atomic E-state index is -4.87. The number of nitrogens with one attached hydrogen (secondary N) is 1. The molecule has 1 fully saturated rings. The van der Waals surface area contributed by atoms with Crippen LogP contribution in [0.1, 0.15) is 49.7 Å². The number of piperidine rings is 1. The van der Waals surface area contributed by atoms with E-state index in [0.717, 1.165) is 12.1 Å². The van der Waals surface area contributed by atoms with Crippen LogP contribution in [0.2, 0.25) is 0 Å². The van der Waals surface area contributed by atoms with Crippen LogP contribution in [0.3, 0.4) is 0 Å². The fraction of sp³-hybridized carbons (Fsp3) is 0.478. The number of nitrogens with zero attached hydrogens (tertiary/aromatic N) is 3. The van der Waals surface area contributed by atoms with Gasteiger partial charge in [0, 0.05) is 25.2 Å². The Morgan fingerprint density at radius 1 is 1.11 bits per heavy atom. The maximum atomic E-state index is 13.5. The molecule has 1 atom stereocenters. The summed E-state index contributed by atoms with van der Waals surface area (Å²) in [6.07, 6.45) is -4.40. The van der Waals surface area contributed by atoms with Gasteiger partial charge in [0.15, 0.2) is 17.2 Å². The summed E-state index contributed by atoms with van der Waals surface area (Å²) in [6.45, 7) is 5.68. The van der Waals surface area contributed by atoms with Crippen LogP contribution in [0.5, 0.6) is 17.4 Å². The number of likely N-dealkylation sites (tertiary alicyclic amines) is 1. The highest BCUT2D eigenvalue weighted by Gasteiger charge is 2.36. The van der Waals surface area contributed by atoms with Crippen molar-refractivity contribution in [3.05, 3.63) is 41.3 Å². The van der Waals surface area contributed by atoms with Crippen LogP contribution in [0, 0.1) is 5.82 Å². The molecule has 0 aliphatic carbocycles. The van der Waals surface area contributed by atoms with Gasteiger partial charge in [0.1, 0.15) is 17.0 Å². The van der Waals surface area contributed by atoms with E-state index >= 15 is 0 Å². The van der Waals surface area contributed by atoms with Crippen LogP contribution in [0.4, 0.5) is 22.4 Å². The zero-order chi connectivity index (χ0) is 26.7. The van der Waals surface area contributed by atoms with Crippen LogP contribution in [-0.4, -0.2) is 58.9 Å². The first-order chi connectivity index (χ1) is 16.8. The molecule has 2 amide bonds. The zero-order valence-electron chi connectivity index (χ0n) is 20.1. The van der Waals surface area contributed by atoms with Gasteiger partial charge < -0.3 is 24.4 Å². The normalized spacial score (nSPS) is 16.3. The molecular formula is C23H26F4N4O5. The molecule has 0 spiro atoms. The number of carbonyl (C=O) groups is 2. The summed E-state index contributed by atoms with van der Waals surface area (Å²) in [7, 11) is 1.24. The number of benzene rings is 1. The molecule has 0 bridgehead atoms. The van der Waals surface area contributed by atoms with Crippen molar-refractivity contribution in [2.24, 2.45) is 0 Å². The predicted octanol–water partition coefficient (Wildman–Crippen LogP) is 4.56. The molecule has 0 unspecified atom stereocenters. The van der Waals surface area contributed by atoms with E-state index < -0.39 is 52.8 Å². The van der Waals surface area contributed by atoms with E-state index in [1.807, 2.05) is 0 Å². The van der Waals surface area contributed by atoms with Crippen molar-refractivity contribution in [3.8, 4) is 17.4 Å². The molecule has 1 aliphatic rings. The van der Waals surface area contributed by atoms with E-state index in [9.17, 15) is 27.2 Å². The maximum absolute atomic E-state index is 13.5. The monoisotopic (exact) mass is 514 g/mol. The number of hydrogen-bond donors (Lipinski definition) is 1. The Hall–Kier alpha value is -3.64. The molecule has 1 aromatic heterocycles. The van der Waals surface area contributed by atoms with Gasteiger partial charge in [-0.05, 0) is 51.8 Å². The molecule has 1 aromatic carbocycles. The van der Waals surface area contributed by atoms with E-state index in [2.05, 4.69) is 15.5 Å². The third kappa shape index (κ3) is 6.95. The summed E-state index contributed by atoms with van der Waals surface area (Å²) in [6, 6.07) is 3.17. The number of alkyl halides is 3. The molecule has 3 rings (SSSR count). The molecule has 13 heteroatoms. The minimum Gasteiger partial charge on any atom is -0.493 e. The minimum absolute atomic E-state index is 0.0664. The van der Waals surface area contributed by atoms with Gasteiger partial charge in [-0.15, -0.1) is 10.2 Å². The maximum Gasteiger partial charge on any atom is 0.435 e. The SMILES string of the molecule is COc1cc(F)ccc1Oc1nnc(C(F)(F)F)cc1C(=O)N[C@H]1CCCN(C(=O)OC(C)(C)C)C1. The molecule has 2 aromatic rings. The van der Waals surface area contributed by atoms with Crippen LogP contribution in [0.25, 0.3) is 0 Å². The predicted molar refractivity (Wildman–Crippen MR) is 118 cm³/mol. The Kier molecular flexibility index (Phi) is 7.89. The molecule has 2 heterocycles. The highest BCUT2D eigenvalue weighted by atomic mass is 19.4. The summed E-state index contributed by atoms with van der Waals surface area (Å²) in [4.78, 5) is 26.9. The molecule has 196 valence electrons. The van der Waals surface area contributed by atoms with Crippen molar-refractivity contribution >= 4 is 12.0 Å². The average Bonchev–Trinajstić information content (AvgIpc) is 2.78. The standard InChI is InChI=1S/C23H26F4N4O5/c1-22(2,3)36-21(33)31-9-5-6-14(12-31)28-19(32)15-11-18(23(25,26)27)29-30-20(15)35-16-8-7-13(24)10-17(16)34-4/h7-8,10-11,14H,5-6,9,12H2,1-4H3,(H,28,32)/t14-/m0/s1. The first-order valence-electron chi connectivity index (χ1n) is 11.0. The Morgan fingerprint density at radius 2 is 1.83 bits per heavy atom. The zero-order valence-corrected chi connectivity index (χ0v) is 20.1. The lowest BCUT2D eigenvalue weighted by Crippen LogP contribution is -2.50. The van der Waals surface area contributed by atoms with Crippen LogP contribution >= 0.6 is 0 Å². The van der Waals surface area contributed by atoms with Gasteiger partial charge in [0.05, 0.1) is 7.11 Å². The number of carbonyl (C=O) groups excluding carboxylic acids is 2. The highest BCUT2D eigenvalue weighted by molar-refractivity contribution is 5.96. The van der Waals surface area contributed by atoms with Crippen molar-refractivity contribution in [2.45, 2.75) is 51.4 Å². The van der Waals surface area contributed by atoms with Crippen LogP contribution in [0.15, 0.2) is 24.3 Å². The van der Waals surface area contributed by atoms with Gasteiger partial charge in [0.2, 0.25) is 0 Å². The quantitative estimate of drug-likeness (QED) is 0.584. The summed E-state index contributed by atoms with van der Waals surface area (Å²) >= 11 is 0. The Bertz CT molecular complexity index is 1120. The Labute approximate surface area is 204 Å². The Morgan fingerprint density at radius 3 is 2.47 bits per heavy atom. The smallest absolute Gasteiger partial charge is 0.435 e. The van der Waals surface area contributed by atoms with Gasteiger partial charge in [0.25, 0.3) is 11.8 Å². The Balaban J connectivity index is 1.85. The van der Waals surface area contributed by atoms with Gasteiger partial charge >= 0.3 is 12.3 Å². The number of ether oxygens (including phenoxy) is 3. The first kappa shape index (κ1) is 27.0. The van der Waals surface area contributed by atoms with Crippen molar-refractivity contribution < 1.29 is 41.4 Å². The van der Waals surface area contributed by atoms with Crippen molar-refractivity contribution in [2.75, 3.05) is 20.2 Å². The van der Waals surface area contributed by atoms with Gasteiger partial charge in [-0.1, -0.05) is 0 Å². The second-order valence-corrected chi connectivity index (χ2v) is 9.08. The molecule has 1 N–H and O–H groups in total. The van der Waals surface area contributed by atoms with Crippen molar-refractivity contribution in [3.63, 3.8) is 0 Å². The fourth-order valence-electron chi connectivity index (χ4n) is 3.44. The number of amides is 2. The topological polar surface area (TPSA) is 103 Å².